The summed E-state index contributed by atoms with van der Waals surface area (Å²) in [5, 5.41) is 4.54. The molecule has 1 heterocycles. The maximum absolute atomic E-state index is 12.4. The second-order valence-corrected chi connectivity index (χ2v) is 7.22. The van der Waals surface area contributed by atoms with Gasteiger partial charge in [0.2, 0.25) is 5.91 Å². The molecule has 130 valence electrons. The molecule has 4 heteroatoms. The molecule has 0 spiro atoms. The molecule has 0 bridgehead atoms. The summed E-state index contributed by atoms with van der Waals surface area (Å²) in [6, 6.07) is 9.70. The zero-order chi connectivity index (χ0) is 18.1. The van der Waals surface area contributed by atoms with Crippen molar-refractivity contribution in [2.24, 2.45) is 0 Å². The Kier molecular flexibility index (Phi) is 4.87. The molecule has 0 saturated heterocycles. The van der Waals surface area contributed by atoms with Gasteiger partial charge in [0.05, 0.1) is 12.7 Å². The highest BCUT2D eigenvalue weighted by Gasteiger charge is 2.14. The van der Waals surface area contributed by atoms with E-state index in [1.807, 2.05) is 25.1 Å². The number of fused-ring (bicyclic) bond motifs is 1. The molecule has 0 radical (unpaired) electrons. The average Bonchev–Trinajstić information content (AvgIpc) is 2.91. The van der Waals surface area contributed by atoms with Gasteiger partial charge in [0.25, 0.3) is 0 Å². The first-order chi connectivity index (χ1) is 11.8. The number of carbonyl (C=O) groups is 1. The van der Waals surface area contributed by atoms with Crippen LogP contribution in [0.3, 0.4) is 0 Å². The van der Waals surface area contributed by atoms with Crippen LogP contribution in [0.5, 0.6) is 0 Å². The van der Waals surface area contributed by atoms with Crippen LogP contribution in [0.25, 0.3) is 11.0 Å². The first-order valence-electron chi connectivity index (χ1n) is 8.41. The molecule has 0 unspecified atom stereocenters. The van der Waals surface area contributed by atoms with Crippen molar-refractivity contribution in [2.45, 2.75) is 40.0 Å². The molecule has 0 atom stereocenters. The van der Waals surface area contributed by atoms with E-state index >= 15 is 0 Å². The van der Waals surface area contributed by atoms with E-state index < -0.39 is 0 Å². The lowest BCUT2D eigenvalue weighted by atomic mass is 9.95. The predicted molar refractivity (Wildman–Crippen MR) is 104 cm³/mol. The van der Waals surface area contributed by atoms with Gasteiger partial charge in [-0.3, -0.25) is 4.79 Å². The monoisotopic (exact) mass is 355 g/mol. The van der Waals surface area contributed by atoms with Crippen LogP contribution in [0.2, 0.25) is 5.02 Å². The highest BCUT2D eigenvalue weighted by atomic mass is 35.5. The van der Waals surface area contributed by atoms with E-state index in [1.165, 1.54) is 11.1 Å². The molecular weight excluding hydrogens is 334 g/mol. The van der Waals surface area contributed by atoms with Crippen LogP contribution in [0.15, 0.2) is 41.0 Å². The molecule has 2 aromatic carbocycles. The second kappa shape index (κ2) is 6.93. The van der Waals surface area contributed by atoms with Gasteiger partial charge < -0.3 is 9.73 Å². The molecule has 0 aliphatic heterocycles. The number of hydrogen-bond acceptors (Lipinski definition) is 2. The summed E-state index contributed by atoms with van der Waals surface area (Å²) in [6.07, 6.45) is 1.94. The lowest BCUT2D eigenvalue weighted by Crippen LogP contribution is -2.14. The van der Waals surface area contributed by atoms with Gasteiger partial charge >= 0.3 is 0 Å². The normalized spacial score (nSPS) is 11.3. The number of aryl methyl sites for hydroxylation is 2. The van der Waals surface area contributed by atoms with E-state index in [4.69, 9.17) is 16.0 Å². The Hall–Kier alpha value is -2.26. The number of benzene rings is 2. The summed E-state index contributed by atoms with van der Waals surface area (Å²) >= 11 is 6.11. The third-order valence-corrected chi connectivity index (χ3v) is 4.88. The number of halogens is 1. The summed E-state index contributed by atoms with van der Waals surface area (Å²) < 4.78 is 5.65. The van der Waals surface area contributed by atoms with Crippen LogP contribution in [-0.2, 0) is 11.2 Å². The standard InChI is InChI=1S/C21H22ClNO2/c1-12(2)17-10-18-15(11-25-20(18)7-14(17)4)8-21(24)23-16-6-5-13(3)19(22)9-16/h5-7,9-12H,8H2,1-4H3,(H,23,24). The lowest BCUT2D eigenvalue weighted by Gasteiger charge is -2.10. The number of furan rings is 1. The van der Waals surface area contributed by atoms with Gasteiger partial charge in [-0.1, -0.05) is 31.5 Å². The fourth-order valence-corrected chi connectivity index (χ4v) is 3.23. The summed E-state index contributed by atoms with van der Waals surface area (Å²) in [4.78, 5) is 12.4. The van der Waals surface area contributed by atoms with Crippen molar-refractivity contribution in [3.05, 3.63) is 63.9 Å². The molecule has 3 aromatic rings. The van der Waals surface area contributed by atoms with Crippen molar-refractivity contribution in [3.63, 3.8) is 0 Å². The van der Waals surface area contributed by atoms with Crippen molar-refractivity contribution >= 4 is 34.2 Å². The van der Waals surface area contributed by atoms with Gasteiger partial charge in [0.1, 0.15) is 5.58 Å². The molecular formula is C21H22ClNO2. The van der Waals surface area contributed by atoms with E-state index in [9.17, 15) is 4.79 Å². The van der Waals surface area contributed by atoms with Gasteiger partial charge in [-0.2, -0.15) is 0 Å². The number of hydrogen-bond donors (Lipinski definition) is 1. The molecule has 0 saturated carbocycles. The van der Waals surface area contributed by atoms with Gasteiger partial charge in [0, 0.05) is 21.7 Å². The van der Waals surface area contributed by atoms with Crippen LogP contribution >= 0.6 is 11.6 Å². The molecule has 1 aromatic heterocycles. The van der Waals surface area contributed by atoms with Crippen molar-refractivity contribution in [1.82, 2.24) is 0 Å². The molecule has 1 N–H and O–H groups in total. The fourth-order valence-electron chi connectivity index (χ4n) is 3.05. The van der Waals surface area contributed by atoms with Gasteiger partial charge in [-0.15, -0.1) is 0 Å². The summed E-state index contributed by atoms with van der Waals surface area (Å²) in [7, 11) is 0. The zero-order valence-corrected chi connectivity index (χ0v) is 15.7. The van der Waals surface area contributed by atoms with Crippen LogP contribution in [0.1, 0.15) is 42.0 Å². The minimum Gasteiger partial charge on any atom is -0.464 e. The number of nitrogens with one attached hydrogen (secondary N) is 1. The molecule has 3 nitrogen and oxygen atoms in total. The summed E-state index contributed by atoms with van der Waals surface area (Å²) in [5.74, 6) is 0.338. The van der Waals surface area contributed by atoms with Crippen molar-refractivity contribution in [1.29, 1.82) is 0 Å². The Bertz CT molecular complexity index is 940. The zero-order valence-electron chi connectivity index (χ0n) is 14.9. The molecule has 0 fully saturated rings. The van der Waals surface area contributed by atoms with Crippen molar-refractivity contribution in [2.75, 3.05) is 5.32 Å². The molecule has 1 amide bonds. The third kappa shape index (κ3) is 3.72. The Labute approximate surface area is 153 Å². The van der Waals surface area contributed by atoms with E-state index in [1.54, 1.807) is 12.3 Å². The largest absolute Gasteiger partial charge is 0.464 e. The maximum atomic E-state index is 12.4. The first-order valence-corrected chi connectivity index (χ1v) is 8.79. The maximum Gasteiger partial charge on any atom is 0.228 e. The quantitative estimate of drug-likeness (QED) is 0.622. The minimum atomic E-state index is -0.0886. The Balaban J connectivity index is 1.83. The number of carbonyl (C=O) groups excluding carboxylic acids is 1. The second-order valence-electron chi connectivity index (χ2n) is 6.81. The number of anilines is 1. The highest BCUT2D eigenvalue weighted by molar-refractivity contribution is 6.31. The SMILES string of the molecule is Cc1ccc(NC(=O)Cc2coc3cc(C)c(C(C)C)cc23)cc1Cl. The molecule has 0 aliphatic rings. The Morgan fingerprint density at radius 3 is 2.60 bits per heavy atom. The van der Waals surface area contributed by atoms with Crippen LogP contribution < -0.4 is 5.32 Å². The molecule has 3 rings (SSSR count). The number of rotatable bonds is 4. The van der Waals surface area contributed by atoms with Crippen LogP contribution in [-0.4, -0.2) is 5.91 Å². The minimum absolute atomic E-state index is 0.0886. The summed E-state index contributed by atoms with van der Waals surface area (Å²) in [6.45, 7) is 8.36. The van der Waals surface area contributed by atoms with Crippen LogP contribution in [0, 0.1) is 13.8 Å². The van der Waals surface area contributed by atoms with Gasteiger partial charge in [-0.05, 0) is 60.7 Å². The average molecular weight is 356 g/mol. The van der Waals surface area contributed by atoms with Gasteiger partial charge in [-0.25, -0.2) is 0 Å². The third-order valence-electron chi connectivity index (χ3n) is 4.47. The topological polar surface area (TPSA) is 42.2 Å². The van der Waals surface area contributed by atoms with E-state index in [0.29, 0.717) is 16.6 Å². The highest BCUT2D eigenvalue weighted by Crippen LogP contribution is 2.29. The van der Waals surface area contributed by atoms with Crippen molar-refractivity contribution in [3.8, 4) is 0 Å². The predicted octanol–water partition coefficient (Wildman–Crippen LogP) is 6.01. The number of amides is 1. The molecule has 25 heavy (non-hydrogen) atoms. The van der Waals surface area contributed by atoms with Crippen molar-refractivity contribution < 1.29 is 9.21 Å². The molecule has 0 aliphatic carbocycles. The van der Waals surface area contributed by atoms with E-state index in [2.05, 4.69) is 32.2 Å². The van der Waals surface area contributed by atoms with Gasteiger partial charge in [0.15, 0.2) is 0 Å². The van der Waals surface area contributed by atoms with E-state index in [-0.39, 0.29) is 12.3 Å². The fraction of sp³-hybridized carbons (Fsp3) is 0.286. The van der Waals surface area contributed by atoms with E-state index in [0.717, 1.165) is 22.1 Å². The lowest BCUT2D eigenvalue weighted by molar-refractivity contribution is -0.115. The first kappa shape index (κ1) is 17.6. The Morgan fingerprint density at radius 2 is 1.92 bits per heavy atom. The smallest absolute Gasteiger partial charge is 0.228 e. The summed E-state index contributed by atoms with van der Waals surface area (Å²) in [5.41, 5.74) is 5.89. The van der Waals surface area contributed by atoms with Crippen LogP contribution in [0.4, 0.5) is 5.69 Å². The Morgan fingerprint density at radius 1 is 1.16 bits per heavy atom.